The van der Waals surface area contributed by atoms with Crippen molar-refractivity contribution in [3.8, 4) is 5.75 Å². The zero-order valence-electron chi connectivity index (χ0n) is 18.1. The predicted molar refractivity (Wildman–Crippen MR) is 122 cm³/mol. The summed E-state index contributed by atoms with van der Waals surface area (Å²) in [6.45, 7) is 6.46. The lowest BCUT2D eigenvalue weighted by Gasteiger charge is -2.12. The highest BCUT2D eigenvalue weighted by Crippen LogP contribution is 2.25. The van der Waals surface area contributed by atoms with Gasteiger partial charge in [0.1, 0.15) is 18.1 Å². The second-order valence-corrected chi connectivity index (χ2v) is 8.02. The number of carbonyl (C=O) groups is 1. The van der Waals surface area contributed by atoms with Crippen LogP contribution in [0.25, 0.3) is 0 Å². The smallest absolute Gasteiger partial charge is 0.278 e. The summed E-state index contributed by atoms with van der Waals surface area (Å²) < 4.78 is 13.0. The van der Waals surface area contributed by atoms with Crippen LogP contribution in [-0.4, -0.2) is 20.8 Å². The van der Waals surface area contributed by atoms with Gasteiger partial charge in [-0.1, -0.05) is 47.1 Å². The van der Waals surface area contributed by atoms with Gasteiger partial charge in [-0.15, -0.1) is 0 Å². The Labute approximate surface area is 190 Å². The molecule has 0 saturated carbocycles. The number of hydrogen-bond donors (Lipinski definition) is 1. The maximum atomic E-state index is 12.9. The van der Waals surface area contributed by atoms with Gasteiger partial charge in [-0.25, -0.2) is 0 Å². The largest absolute Gasteiger partial charge is 0.488 e. The van der Waals surface area contributed by atoms with Crippen LogP contribution in [0, 0.1) is 20.8 Å². The van der Waals surface area contributed by atoms with Gasteiger partial charge in [-0.3, -0.25) is 9.48 Å². The molecule has 1 amide bonds. The molecule has 4 aromatic rings. The molecule has 0 bridgehead atoms. The van der Waals surface area contributed by atoms with Gasteiger partial charge in [0.2, 0.25) is 0 Å². The topological polar surface area (TPSA) is 82.2 Å². The molecular formula is C24H23ClN4O3. The monoisotopic (exact) mass is 450 g/mol. The Hall–Kier alpha value is -3.58. The Morgan fingerprint density at radius 3 is 2.62 bits per heavy atom. The van der Waals surface area contributed by atoms with Crippen LogP contribution < -0.4 is 10.1 Å². The van der Waals surface area contributed by atoms with E-state index in [0.29, 0.717) is 28.6 Å². The van der Waals surface area contributed by atoms with E-state index in [-0.39, 0.29) is 18.2 Å². The van der Waals surface area contributed by atoms with E-state index in [4.69, 9.17) is 20.9 Å². The van der Waals surface area contributed by atoms with E-state index in [1.165, 1.54) is 0 Å². The van der Waals surface area contributed by atoms with E-state index < -0.39 is 0 Å². The number of halogens is 1. The van der Waals surface area contributed by atoms with Crippen LogP contribution in [-0.2, 0) is 13.2 Å². The number of aryl methyl sites for hydroxylation is 3. The summed E-state index contributed by atoms with van der Waals surface area (Å²) in [6, 6.07) is 13.5. The van der Waals surface area contributed by atoms with Crippen molar-refractivity contribution in [3.63, 3.8) is 0 Å². The number of para-hydroxylation sites is 1. The van der Waals surface area contributed by atoms with Gasteiger partial charge in [-0.2, -0.15) is 5.10 Å². The van der Waals surface area contributed by atoms with Crippen LogP contribution in [0.15, 0.2) is 59.4 Å². The molecule has 2 aromatic carbocycles. The molecule has 32 heavy (non-hydrogen) atoms. The molecule has 4 rings (SSSR count). The molecule has 0 saturated heterocycles. The number of nitrogens with one attached hydrogen (secondary N) is 1. The lowest BCUT2D eigenvalue weighted by molar-refractivity contribution is 0.101. The minimum atomic E-state index is -0.360. The third-order valence-corrected chi connectivity index (χ3v) is 5.30. The van der Waals surface area contributed by atoms with Gasteiger partial charge in [0.25, 0.3) is 5.91 Å². The fourth-order valence-electron chi connectivity index (χ4n) is 3.46. The van der Waals surface area contributed by atoms with Crippen LogP contribution >= 0.6 is 11.6 Å². The Morgan fingerprint density at radius 1 is 1.16 bits per heavy atom. The van der Waals surface area contributed by atoms with Crippen LogP contribution in [0.1, 0.15) is 38.5 Å². The first kappa shape index (κ1) is 21.6. The molecule has 0 unspecified atom stereocenters. The molecule has 0 aliphatic rings. The minimum Gasteiger partial charge on any atom is -0.488 e. The zero-order valence-corrected chi connectivity index (χ0v) is 18.8. The van der Waals surface area contributed by atoms with Crippen molar-refractivity contribution in [2.24, 2.45) is 0 Å². The van der Waals surface area contributed by atoms with E-state index in [2.05, 4.69) is 15.6 Å². The highest BCUT2D eigenvalue weighted by molar-refractivity contribution is 6.30. The van der Waals surface area contributed by atoms with Gasteiger partial charge < -0.3 is 14.6 Å². The van der Waals surface area contributed by atoms with E-state index in [0.717, 1.165) is 22.4 Å². The average Bonchev–Trinajstić information content (AvgIpc) is 3.33. The molecule has 7 nitrogen and oxygen atoms in total. The third kappa shape index (κ3) is 4.84. The molecule has 0 radical (unpaired) electrons. The van der Waals surface area contributed by atoms with Gasteiger partial charge in [0, 0.05) is 11.9 Å². The third-order valence-electron chi connectivity index (χ3n) is 5.10. The van der Waals surface area contributed by atoms with E-state index in [1.54, 1.807) is 24.0 Å². The van der Waals surface area contributed by atoms with Crippen molar-refractivity contribution >= 4 is 23.2 Å². The summed E-state index contributed by atoms with van der Waals surface area (Å²) >= 11 is 5.93. The van der Waals surface area contributed by atoms with Gasteiger partial charge in [0.15, 0.2) is 5.69 Å². The quantitative estimate of drug-likeness (QED) is 0.411. The van der Waals surface area contributed by atoms with Gasteiger partial charge in [0.05, 0.1) is 23.3 Å². The number of anilines is 1. The van der Waals surface area contributed by atoms with Gasteiger partial charge in [-0.05, 0) is 49.6 Å². The lowest BCUT2D eigenvalue weighted by Crippen LogP contribution is -2.16. The Kier molecular flexibility index (Phi) is 6.28. The summed E-state index contributed by atoms with van der Waals surface area (Å²) in [5.41, 5.74) is 4.50. The Balaban J connectivity index is 1.48. The first-order chi connectivity index (χ1) is 15.4. The normalized spacial score (nSPS) is 10.9. The highest BCUT2D eigenvalue weighted by Gasteiger charge is 2.21. The van der Waals surface area contributed by atoms with Crippen molar-refractivity contribution in [2.75, 3.05) is 5.32 Å². The van der Waals surface area contributed by atoms with Crippen molar-refractivity contribution < 1.29 is 14.1 Å². The Morgan fingerprint density at radius 2 is 1.91 bits per heavy atom. The van der Waals surface area contributed by atoms with E-state index in [1.807, 2.05) is 56.3 Å². The number of carbonyl (C=O) groups excluding carboxylic acids is 1. The van der Waals surface area contributed by atoms with Crippen LogP contribution in [0.4, 0.5) is 5.69 Å². The fraction of sp³-hybridized carbons (Fsp3) is 0.208. The SMILES string of the molecule is Cc1cccc(C)c1OCc1c(C(=O)Nc2cccc(Cn3cc(Cl)cn3)c2)noc1C. The number of rotatable bonds is 7. The number of benzene rings is 2. The number of nitrogens with zero attached hydrogens (tertiary/aromatic N) is 3. The molecular weight excluding hydrogens is 428 g/mol. The molecule has 0 aliphatic carbocycles. The maximum Gasteiger partial charge on any atom is 0.278 e. The summed E-state index contributed by atoms with van der Waals surface area (Å²) in [7, 11) is 0. The van der Waals surface area contributed by atoms with Crippen LogP contribution in [0.2, 0.25) is 5.02 Å². The average molecular weight is 451 g/mol. The second kappa shape index (κ2) is 9.28. The van der Waals surface area contributed by atoms with Crippen molar-refractivity contribution in [1.82, 2.24) is 14.9 Å². The molecule has 0 fully saturated rings. The standard InChI is InChI=1S/C24H23ClN4O3/c1-15-6-4-7-16(2)23(15)31-14-21-17(3)32-28-22(21)24(30)27-20-9-5-8-18(10-20)12-29-13-19(25)11-26-29/h4-11,13H,12,14H2,1-3H3,(H,27,30). The first-order valence-electron chi connectivity index (χ1n) is 10.1. The zero-order chi connectivity index (χ0) is 22.7. The summed E-state index contributed by atoms with van der Waals surface area (Å²) in [5, 5.41) is 11.6. The van der Waals surface area contributed by atoms with Crippen molar-refractivity contribution in [3.05, 3.63) is 93.6 Å². The number of aromatic nitrogens is 3. The summed E-state index contributed by atoms with van der Waals surface area (Å²) in [6.07, 6.45) is 3.33. The molecule has 8 heteroatoms. The predicted octanol–water partition coefficient (Wildman–Crippen LogP) is 5.33. The summed E-state index contributed by atoms with van der Waals surface area (Å²) in [5.74, 6) is 0.984. The van der Waals surface area contributed by atoms with Crippen molar-refractivity contribution in [1.29, 1.82) is 0 Å². The highest BCUT2D eigenvalue weighted by atomic mass is 35.5. The number of hydrogen-bond acceptors (Lipinski definition) is 5. The molecule has 0 atom stereocenters. The first-order valence-corrected chi connectivity index (χ1v) is 10.5. The van der Waals surface area contributed by atoms with E-state index in [9.17, 15) is 4.79 Å². The Bertz CT molecular complexity index is 1240. The van der Waals surface area contributed by atoms with Crippen molar-refractivity contribution in [2.45, 2.75) is 33.9 Å². The van der Waals surface area contributed by atoms with Crippen LogP contribution in [0.5, 0.6) is 5.75 Å². The fourth-order valence-corrected chi connectivity index (χ4v) is 3.62. The maximum absolute atomic E-state index is 12.9. The molecule has 164 valence electrons. The molecule has 2 heterocycles. The second-order valence-electron chi connectivity index (χ2n) is 7.59. The van der Waals surface area contributed by atoms with Gasteiger partial charge >= 0.3 is 0 Å². The number of amides is 1. The lowest BCUT2D eigenvalue weighted by atomic mass is 10.1. The molecule has 1 N–H and O–H groups in total. The summed E-state index contributed by atoms with van der Waals surface area (Å²) in [4.78, 5) is 12.9. The molecule has 0 aliphatic heterocycles. The molecule has 0 spiro atoms. The van der Waals surface area contributed by atoms with E-state index >= 15 is 0 Å². The van der Waals surface area contributed by atoms with Crippen LogP contribution in [0.3, 0.4) is 0 Å². The minimum absolute atomic E-state index is 0.184. The molecule has 2 aromatic heterocycles. The number of ether oxygens (including phenoxy) is 1.